The molecule has 0 bridgehead atoms. The summed E-state index contributed by atoms with van der Waals surface area (Å²) in [6.07, 6.45) is 7.42. The van der Waals surface area contributed by atoms with E-state index in [1.54, 1.807) is 0 Å². The molecule has 0 aliphatic heterocycles. The maximum atomic E-state index is 4.53. The standard InChI is InChI=1S/C17H26N4/c1-4-10-20-11-9-15(14-20)12-18-16-7-8-17(19-13-16)21(5-2)6-3/h7-9,11,13-14,18H,4-6,10,12H2,1-3H3. The lowest BCUT2D eigenvalue weighted by molar-refractivity contribution is 0.681. The van der Waals surface area contributed by atoms with Crippen molar-refractivity contribution in [3.05, 3.63) is 42.4 Å². The molecular weight excluding hydrogens is 260 g/mol. The number of pyridine rings is 1. The second kappa shape index (κ2) is 7.72. The highest BCUT2D eigenvalue weighted by atomic mass is 15.2. The van der Waals surface area contributed by atoms with Crippen LogP contribution in [0.5, 0.6) is 0 Å². The number of rotatable bonds is 8. The second-order valence-electron chi connectivity index (χ2n) is 5.19. The van der Waals surface area contributed by atoms with E-state index in [1.165, 1.54) is 5.56 Å². The van der Waals surface area contributed by atoms with Gasteiger partial charge in [-0.15, -0.1) is 0 Å². The van der Waals surface area contributed by atoms with Crippen LogP contribution >= 0.6 is 0 Å². The number of hydrogen-bond donors (Lipinski definition) is 1. The lowest BCUT2D eigenvalue weighted by atomic mass is 10.3. The SMILES string of the molecule is CCCn1ccc(CNc2ccc(N(CC)CC)nc2)c1. The zero-order chi connectivity index (χ0) is 15.1. The van der Waals surface area contributed by atoms with E-state index in [9.17, 15) is 0 Å². The maximum Gasteiger partial charge on any atom is 0.128 e. The van der Waals surface area contributed by atoms with Crippen LogP contribution in [0.3, 0.4) is 0 Å². The third-order valence-electron chi connectivity index (χ3n) is 3.63. The van der Waals surface area contributed by atoms with Crippen LogP contribution in [0.25, 0.3) is 0 Å². The van der Waals surface area contributed by atoms with E-state index in [2.05, 4.69) is 71.1 Å². The third-order valence-corrected chi connectivity index (χ3v) is 3.63. The van der Waals surface area contributed by atoms with Gasteiger partial charge in [-0.3, -0.25) is 0 Å². The Morgan fingerprint density at radius 2 is 1.95 bits per heavy atom. The molecule has 0 saturated heterocycles. The van der Waals surface area contributed by atoms with Crippen molar-refractivity contribution in [3.63, 3.8) is 0 Å². The van der Waals surface area contributed by atoms with E-state index >= 15 is 0 Å². The molecule has 0 amide bonds. The molecule has 0 atom stereocenters. The van der Waals surface area contributed by atoms with Crippen LogP contribution in [0, 0.1) is 0 Å². The predicted molar refractivity (Wildman–Crippen MR) is 89.8 cm³/mol. The Balaban J connectivity index is 1.90. The molecule has 0 radical (unpaired) electrons. The zero-order valence-corrected chi connectivity index (χ0v) is 13.3. The summed E-state index contributed by atoms with van der Waals surface area (Å²) in [7, 11) is 0. The Bertz CT molecular complexity index is 526. The lowest BCUT2D eigenvalue weighted by Crippen LogP contribution is -2.22. The van der Waals surface area contributed by atoms with Crippen LogP contribution < -0.4 is 10.2 Å². The van der Waals surface area contributed by atoms with Crippen LogP contribution in [0.4, 0.5) is 11.5 Å². The molecule has 1 N–H and O–H groups in total. The average Bonchev–Trinajstić information content (AvgIpc) is 2.96. The number of nitrogens with one attached hydrogen (secondary N) is 1. The van der Waals surface area contributed by atoms with E-state index < -0.39 is 0 Å². The quantitative estimate of drug-likeness (QED) is 0.802. The van der Waals surface area contributed by atoms with Gasteiger partial charge in [0.05, 0.1) is 11.9 Å². The summed E-state index contributed by atoms with van der Waals surface area (Å²) in [5, 5.41) is 3.42. The summed E-state index contributed by atoms with van der Waals surface area (Å²) in [6, 6.07) is 6.35. The summed E-state index contributed by atoms with van der Waals surface area (Å²) < 4.78 is 2.23. The van der Waals surface area contributed by atoms with E-state index in [-0.39, 0.29) is 0 Å². The third kappa shape index (κ3) is 4.25. The van der Waals surface area contributed by atoms with Crippen molar-refractivity contribution in [1.82, 2.24) is 9.55 Å². The largest absolute Gasteiger partial charge is 0.380 e. The molecule has 21 heavy (non-hydrogen) atoms. The smallest absolute Gasteiger partial charge is 0.128 e. The summed E-state index contributed by atoms with van der Waals surface area (Å²) in [6.45, 7) is 10.4. The minimum Gasteiger partial charge on any atom is -0.380 e. The Morgan fingerprint density at radius 1 is 1.14 bits per heavy atom. The van der Waals surface area contributed by atoms with Crippen LogP contribution in [-0.4, -0.2) is 22.6 Å². The monoisotopic (exact) mass is 286 g/mol. The molecule has 0 saturated carbocycles. The van der Waals surface area contributed by atoms with Gasteiger partial charge in [0.2, 0.25) is 0 Å². The molecule has 0 aliphatic carbocycles. The van der Waals surface area contributed by atoms with E-state index in [0.29, 0.717) is 0 Å². The van der Waals surface area contributed by atoms with Crippen LogP contribution in [0.1, 0.15) is 32.8 Å². The van der Waals surface area contributed by atoms with Crippen molar-refractivity contribution in [2.75, 3.05) is 23.3 Å². The molecule has 0 unspecified atom stereocenters. The first-order valence-electron chi connectivity index (χ1n) is 7.86. The fourth-order valence-corrected chi connectivity index (χ4v) is 2.42. The lowest BCUT2D eigenvalue weighted by Gasteiger charge is -2.19. The molecule has 0 aromatic carbocycles. The van der Waals surface area contributed by atoms with Gasteiger partial charge in [-0.2, -0.15) is 0 Å². The number of aryl methyl sites for hydroxylation is 1. The molecule has 2 aromatic rings. The first-order chi connectivity index (χ1) is 10.3. The summed E-state index contributed by atoms with van der Waals surface area (Å²) >= 11 is 0. The highest BCUT2D eigenvalue weighted by Gasteiger charge is 2.03. The molecule has 4 heteroatoms. The average molecular weight is 286 g/mol. The molecule has 0 spiro atoms. The van der Waals surface area contributed by atoms with Gasteiger partial charge in [0.25, 0.3) is 0 Å². The Labute approximate surface area is 127 Å². The van der Waals surface area contributed by atoms with Gasteiger partial charge in [-0.1, -0.05) is 6.92 Å². The van der Waals surface area contributed by atoms with Crippen molar-refractivity contribution < 1.29 is 0 Å². The second-order valence-corrected chi connectivity index (χ2v) is 5.19. The zero-order valence-electron chi connectivity index (χ0n) is 13.3. The number of hydrogen-bond acceptors (Lipinski definition) is 3. The van der Waals surface area contributed by atoms with Gasteiger partial charge in [0, 0.05) is 38.6 Å². The van der Waals surface area contributed by atoms with Crippen molar-refractivity contribution in [1.29, 1.82) is 0 Å². The minimum absolute atomic E-state index is 0.836. The Hall–Kier alpha value is -1.97. The topological polar surface area (TPSA) is 33.1 Å². The van der Waals surface area contributed by atoms with Crippen LogP contribution in [0.15, 0.2) is 36.8 Å². The molecule has 4 nitrogen and oxygen atoms in total. The van der Waals surface area contributed by atoms with E-state index in [0.717, 1.165) is 44.1 Å². The molecule has 2 heterocycles. The first-order valence-corrected chi connectivity index (χ1v) is 7.86. The maximum absolute atomic E-state index is 4.53. The molecule has 2 rings (SSSR count). The Morgan fingerprint density at radius 3 is 2.57 bits per heavy atom. The van der Waals surface area contributed by atoms with Crippen molar-refractivity contribution >= 4 is 11.5 Å². The van der Waals surface area contributed by atoms with Gasteiger partial charge < -0.3 is 14.8 Å². The normalized spacial score (nSPS) is 10.6. The van der Waals surface area contributed by atoms with Gasteiger partial charge in [0.15, 0.2) is 0 Å². The molecule has 0 aliphatic rings. The molecule has 2 aromatic heterocycles. The highest BCUT2D eigenvalue weighted by Crippen LogP contribution is 2.15. The molecule has 114 valence electrons. The van der Waals surface area contributed by atoms with Gasteiger partial charge in [0.1, 0.15) is 5.82 Å². The van der Waals surface area contributed by atoms with E-state index in [1.807, 2.05) is 6.20 Å². The van der Waals surface area contributed by atoms with Crippen LogP contribution in [-0.2, 0) is 13.1 Å². The minimum atomic E-state index is 0.836. The summed E-state index contributed by atoms with van der Waals surface area (Å²) in [5.41, 5.74) is 2.37. The predicted octanol–water partition coefficient (Wildman–Crippen LogP) is 3.75. The van der Waals surface area contributed by atoms with Crippen LogP contribution in [0.2, 0.25) is 0 Å². The number of aromatic nitrogens is 2. The first kappa shape index (κ1) is 15.4. The number of nitrogens with zero attached hydrogens (tertiary/aromatic N) is 3. The Kier molecular flexibility index (Phi) is 5.67. The van der Waals surface area contributed by atoms with Gasteiger partial charge >= 0.3 is 0 Å². The summed E-state index contributed by atoms with van der Waals surface area (Å²) in [4.78, 5) is 6.77. The van der Waals surface area contributed by atoms with Crippen molar-refractivity contribution in [2.24, 2.45) is 0 Å². The fraction of sp³-hybridized carbons (Fsp3) is 0.471. The molecule has 0 fully saturated rings. The van der Waals surface area contributed by atoms with E-state index in [4.69, 9.17) is 0 Å². The number of anilines is 2. The molecular formula is C17H26N4. The van der Waals surface area contributed by atoms with Crippen molar-refractivity contribution in [3.8, 4) is 0 Å². The van der Waals surface area contributed by atoms with Crippen molar-refractivity contribution in [2.45, 2.75) is 40.3 Å². The summed E-state index contributed by atoms with van der Waals surface area (Å²) in [5.74, 6) is 1.04. The van der Waals surface area contributed by atoms with Gasteiger partial charge in [-0.25, -0.2) is 4.98 Å². The fourth-order valence-electron chi connectivity index (χ4n) is 2.42. The van der Waals surface area contributed by atoms with Gasteiger partial charge in [-0.05, 0) is 44.0 Å². The highest BCUT2D eigenvalue weighted by molar-refractivity contribution is 5.48.